The second-order valence-corrected chi connectivity index (χ2v) is 2.68. The molecule has 11 heavy (non-hydrogen) atoms. The highest BCUT2D eigenvalue weighted by Crippen LogP contribution is 2.12. The average molecular weight is 154 g/mol. The third-order valence-corrected chi connectivity index (χ3v) is 1.62. The summed E-state index contributed by atoms with van der Waals surface area (Å²) in [5.41, 5.74) is 1.24. The molecule has 0 spiro atoms. The summed E-state index contributed by atoms with van der Waals surface area (Å²) < 4.78 is 5.32. The molecule has 62 valence electrons. The van der Waals surface area contributed by atoms with Gasteiger partial charge in [-0.2, -0.15) is 0 Å². The second kappa shape index (κ2) is 4.31. The van der Waals surface area contributed by atoms with Crippen LogP contribution in [0.4, 0.5) is 0 Å². The maximum absolute atomic E-state index is 8.50. The molecule has 0 aromatic rings. The summed E-state index contributed by atoms with van der Waals surface area (Å²) in [6.45, 7) is 2.58. The molecule has 0 aliphatic heterocycles. The topological polar surface area (TPSA) is 29.5 Å². The highest BCUT2D eigenvalue weighted by Gasteiger charge is 2.06. The van der Waals surface area contributed by atoms with E-state index in [1.807, 2.05) is 6.92 Å². The first-order chi connectivity index (χ1) is 5.33. The van der Waals surface area contributed by atoms with E-state index in [-0.39, 0.29) is 12.7 Å². The molecule has 0 bridgehead atoms. The third-order valence-electron chi connectivity index (χ3n) is 1.62. The van der Waals surface area contributed by atoms with E-state index in [1.165, 1.54) is 5.57 Å². The van der Waals surface area contributed by atoms with Crippen LogP contribution in [0.25, 0.3) is 0 Å². The van der Waals surface area contributed by atoms with E-state index in [1.54, 1.807) is 0 Å². The van der Waals surface area contributed by atoms with E-state index in [0.29, 0.717) is 6.61 Å². The monoisotopic (exact) mass is 154 g/mol. The van der Waals surface area contributed by atoms with Crippen LogP contribution in [-0.2, 0) is 4.74 Å². The van der Waals surface area contributed by atoms with Crippen LogP contribution in [0, 0.1) is 0 Å². The summed E-state index contributed by atoms with van der Waals surface area (Å²) in [4.78, 5) is 0. The number of aliphatic hydroxyl groups is 1. The summed E-state index contributed by atoms with van der Waals surface area (Å²) in [7, 11) is 0. The van der Waals surface area contributed by atoms with Gasteiger partial charge in [0.05, 0.1) is 19.3 Å². The average Bonchev–Trinajstić information content (AvgIpc) is 2.01. The van der Waals surface area contributed by atoms with Crippen molar-refractivity contribution in [1.29, 1.82) is 0 Å². The molecule has 0 heterocycles. The summed E-state index contributed by atoms with van der Waals surface area (Å²) in [5, 5.41) is 8.50. The Morgan fingerprint density at radius 3 is 3.18 bits per heavy atom. The van der Waals surface area contributed by atoms with Crippen LogP contribution in [-0.4, -0.2) is 24.4 Å². The molecule has 2 nitrogen and oxygen atoms in total. The van der Waals surface area contributed by atoms with Crippen LogP contribution >= 0.6 is 0 Å². The molecule has 1 rings (SSSR count). The number of ether oxygens (including phenoxy) is 1. The van der Waals surface area contributed by atoms with Crippen LogP contribution in [0.2, 0.25) is 0 Å². The lowest BCUT2D eigenvalue weighted by atomic mass is 10.1. The number of hydrogen-bond donors (Lipinski definition) is 1. The zero-order chi connectivity index (χ0) is 8.10. The minimum atomic E-state index is 0.104. The molecule has 0 amide bonds. The van der Waals surface area contributed by atoms with Gasteiger partial charge in [0.15, 0.2) is 0 Å². The predicted molar refractivity (Wildman–Crippen MR) is 44.3 cm³/mol. The normalized spacial score (nSPS) is 23.5. The van der Waals surface area contributed by atoms with Crippen LogP contribution in [0.5, 0.6) is 0 Å². The number of rotatable bonds is 3. The molecule has 0 aromatic carbocycles. The number of allylic oxidation sites excluding steroid dienone is 2. The molecule has 1 aliphatic rings. The molecule has 0 aromatic heterocycles. The molecule has 1 atom stereocenters. The molecule has 1 aliphatic carbocycles. The maximum Gasteiger partial charge on any atom is 0.0797 e. The van der Waals surface area contributed by atoms with Gasteiger partial charge in [-0.05, 0) is 13.3 Å². The highest BCUT2D eigenvalue weighted by molar-refractivity contribution is 5.22. The van der Waals surface area contributed by atoms with Gasteiger partial charge in [-0.3, -0.25) is 0 Å². The third kappa shape index (κ3) is 2.87. The van der Waals surface area contributed by atoms with Gasteiger partial charge in [0.2, 0.25) is 0 Å². The fourth-order valence-corrected chi connectivity index (χ4v) is 1.13. The molecule has 1 unspecified atom stereocenters. The first-order valence-corrected chi connectivity index (χ1v) is 3.90. The van der Waals surface area contributed by atoms with Crippen molar-refractivity contribution in [2.45, 2.75) is 19.4 Å². The fourth-order valence-electron chi connectivity index (χ4n) is 1.13. The Kier molecular flexibility index (Phi) is 3.33. The Morgan fingerprint density at radius 2 is 2.55 bits per heavy atom. The molecule has 0 radical (unpaired) electrons. The molecular formula is C9H14O2. The van der Waals surface area contributed by atoms with Crippen molar-refractivity contribution in [3.05, 3.63) is 23.8 Å². The van der Waals surface area contributed by atoms with Crippen LogP contribution < -0.4 is 0 Å². The van der Waals surface area contributed by atoms with E-state index < -0.39 is 0 Å². The van der Waals surface area contributed by atoms with Crippen molar-refractivity contribution >= 4 is 0 Å². The molecule has 0 fully saturated rings. The first kappa shape index (κ1) is 8.50. The number of aliphatic hydroxyl groups excluding tert-OH is 1. The lowest BCUT2D eigenvalue weighted by Gasteiger charge is -2.15. The van der Waals surface area contributed by atoms with Gasteiger partial charge < -0.3 is 9.84 Å². The second-order valence-electron chi connectivity index (χ2n) is 2.68. The van der Waals surface area contributed by atoms with E-state index >= 15 is 0 Å². The Hall–Kier alpha value is -0.600. The zero-order valence-electron chi connectivity index (χ0n) is 6.79. The molecule has 1 N–H and O–H groups in total. The Balaban J connectivity index is 2.31. The largest absolute Gasteiger partial charge is 0.394 e. The van der Waals surface area contributed by atoms with Gasteiger partial charge >= 0.3 is 0 Å². The predicted octanol–water partition coefficient (Wildman–Crippen LogP) is 1.27. The smallest absolute Gasteiger partial charge is 0.0797 e. The Morgan fingerprint density at radius 1 is 1.73 bits per heavy atom. The summed E-state index contributed by atoms with van der Waals surface area (Å²) in [6.07, 6.45) is 7.36. The molecule has 2 heteroatoms. The van der Waals surface area contributed by atoms with Gasteiger partial charge in [0.25, 0.3) is 0 Å². The Bertz CT molecular complexity index is 170. The van der Waals surface area contributed by atoms with Crippen molar-refractivity contribution in [1.82, 2.24) is 0 Å². The quantitative estimate of drug-likeness (QED) is 0.663. The van der Waals surface area contributed by atoms with Crippen LogP contribution in [0.1, 0.15) is 13.3 Å². The van der Waals surface area contributed by atoms with Crippen molar-refractivity contribution in [2.75, 3.05) is 13.2 Å². The number of hydrogen-bond acceptors (Lipinski definition) is 2. The fraction of sp³-hybridized carbons (Fsp3) is 0.556. The SMILES string of the molecule is CC1=CC(OCCO)CC=C1. The van der Waals surface area contributed by atoms with Crippen molar-refractivity contribution in [3.63, 3.8) is 0 Å². The highest BCUT2D eigenvalue weighted by atomic mass is 16.5. The van der Waals surface area contributed by atoms with Gasteiger partial charge in [-0.1, -0.05) is 23.8 Å². The first-order valence-electron chi connectivity index (χ1n) is 3.90. The van der Waals surface area contributed by atoms with Gasteiger partial charge in [0, 0.05) is 0 Å². The van der Waals surface area contributed by atoms with E-state index in [2.05, 4.69) is 18.2 Å². The summed E-state index contributed by atoms with van der Waals surface area (Å²) in [5.74, 6) is 0. The Labute approximate surface area is 67.2 Å². The molecule has 0 saturated carbocycles. The van der Waals surface area contributed by atoms with Crippen molar-refractivity contribution in [2.24, 2.45) is 0 Å². The minimum Gasteiger partial charge on any atom is -0.394 e. The van der Waals surface area contributed by atoms with Gasteiger partial charge in [0.1, 0.15) is 0 Å². The van der Waals surface area contributed by atoms with Crippen LogP contribution in [0.15, 0.2) is 23.8 Å². The van der Waals surface area contributed by atoms with Gasteiger partial charge in [-0.15, -0.1) is 0 Å². The summed E-state index contributed by atoms with van der Waals surface area (Å²) in [6, 6.07) is 0. The summed E-state index contributed by atoms with van der Waals surface area (Å²) >= 11 is 0. The van der Waals surface area contributed by atoms with E-state index in [4.69, 9.17) is 9.84 Å². The zero-order valence-corrected chi connectivity index (χ0v) is 6.79. The van der Waals surface area contributed by atoms with Crippen molar-refractivity contribution < 1.29 is 9.84 Å². The van der Waals surface area contributed by atoms with E-state index in [0.717, 1.165) is 6.42 Å². The van der Waals surface area contributed by atoms with E-state index in [9.17, 15) is 0 Å². The van der Waals surface area contributed by atoms with Crippen molar-refractivity contribution in [3.8, 4) is 0 Å². The standard InChI is InChI=1S/C9H14O2/c1-8-3-2-4-9(7-8)11-6-5-10/h2-3,7,9-10H,4-6H2,1H3. The van der Waals surface area contributed by atoms with Gasteiger partial charge in [-0.25, -0.2) is 0 Å². The molecule has 0 saturated heterocycles. The van der Waals surface area contributed by atoms with Crippen LogP contribution in [0.3, 0.4) is 0 Å². The lowest BCUT2D eigenvalue weighted by Crippen LogP contribution is -2.14. The minimum absolute atomic E-state index is 0.104. The molecular weight excluding hydrogens is 140 g/mol. The lowest BCUT2D eigenvalue weighted by molar-refractivity contribution is 0.0553. The maximum atomic E-state index is 8.50.